The molecule has 0 aliphatic carbocycles. The minimum atomic E-state index is -4.18. The van der Waals surface area contributed by atoms with Crippen molar-refractivity contribution < 1.29 is 27.9 Å². The van der Waals surface area contributed by atoms with E-state index in [1.54, 1.807) is 0 Å². The molecule has 1 N–H and O–H groups in total. The molecule has 2 aliphatic heterocycles. The number of nitro benzene ring substituents is 1. The number of aliphatic hydroxyl groups excluding tert-OH is 1. The average molecular weight is 400 g/mol. The first kappa shape index (κ1) is 19.8. The van der Waals surface area contributed by atoms with Gasteiger partial charge in [0, 0.05) is 19.2 Å². The third-order valence-corrected chi connectivity index (χ3v) is 6.99. The smallest absolute Gasteiger partial charge is 0.293 e. The topological polar surface area (TPSA) is 119 Å². The molecule has 27 heavy (non-hydrogen) atoms. The molecule has 2 aliphatic rings. The van der Waals surface area contributed by atoms with Crippen molar-refractivity contribution in [2.45, 2.75) is 38.2 Å². The maximum absolute atomic E-state index is 13.1. The van der Waals surface area contributed by atoms with Crippen LogP contribution in [0.3, 0.4) is 0 Å². The van der Waals surface area contributed by atoms with Gasteiger partial charge in [0.2, 0.25) is 10.0 Å². The Kier molecular flexibility index (Phi) is 5.08. The van der Waals surface area contributed by atoms with Crippen LogP contribution in [0.5, 0.6) is 11.5 Å². The largest absolute Gasteiger partial charge is 0.486 e. The minimum absolute atomic E-state index is 0.0563. The van der Waals surface area contributed by atoms with E-state index in [-0.39, 0.29) is 49.1 Å². The van der Waals surface area contributed by atoms with E-state index < -0.39 is 31.6 Å². The van der Waals surface area contributed by atoms with Crippen LogP contribution in [0.1, 0.15) is 27.2 Å². The molecule has 9 nitrogen and oxygen atoms in total. The van der Waals surface area contributed by atoms with Gasteiger partial charge in [-0.1, -0.05) is 20.8 Å². The Balaban J connectivity index is 1.97. The molecule has 0 aromatic heterocycles. The Labute approximate surface area is 158 Å². The number of benzene rings is 1. The fraction of sp³-hybridized carbons (Fsp3) is 0.647. The van der Waals surface area contributed by atoms with E-state index in [0.717, 1.165) is 16.4 Å². The Morgan fingerprint density at radius 2 is 1.81 bits per heavy atom. The minimum Gasteiger partial charge on any atom is -0.486 e. The highest BCUT2D eigenvalue weighted by Gasteiger charge is 2.42. The van der Waals surface area contributed by atoms with Crippen molar-refractivity contribution in [1.29, 1.82) is 0 Å². The molecule has 0 unspecified atom stereocenters. The summed E-state index contributed by atoms with van der Waals surface area (Å²) < 4.78 is 38.0. The number of piperidine rings is 1. The molecular weight excluding hydrogens is 376 g/mol. The number of sulfonamides is 1. The van der Waals surface area contributed by atoms with E-state index >= 15 is 0 Å². The summed E-state index contributed by atoms with van der Waals surface area (Å²) in [6.45, 7) is 6.55. The highest BCUT2D eigenvalue weighted by Crippen LogP contribution is 2.41. The molecule has 2 atom stereocenters. The number of nitro groups is 1. The highest BCUT2D eigenvalue weighted by atomic mass is 32.2. The number of rotatable bonds is 3. The van der Waals surface area contributed by atoms with Gasteiger partial charge in [-0.05, 0) is 17.8 Å². The zero-order chi connectivity index (χ0) is 20.0. The van der Waals surface area contributed by atoms with Crippen molar-refractivity contribution in [3.05, 3.63) is 22.2 Å². The molecule has 10 heteroatoms. The van der Waals surface area contributed by atoms with Crippen molar-refractivity contribution in [3.8, 4) is 11.5 Å². The van der Waals surface area contributed by atoms with Crippen molar-refractivity contribution in [2.75, 3.05) is 26.3 Å². The number of β-amino-alcohol motifs (C(OH)–C–C–N with tert-alkyl or cyclic N) is 1. The lowest BCUT2D eigenvalue weighted by Crippen LogP contribution is -2.49. The number of ether oxygens (including phenoxy) is 2. The number of hydrogen-bond donors (Lipinski definition) is 1. The predicted molar refractivity (Wildman–Crippen MR) is 96.4 cm³/mol. The number of fused-ring (bicyclic) bond motifs is 1. The molecule has 1 aromatic rings. The van der Waals surface area contributed by atoms with Crippen LogP contribution in [0.4, 0.5) is 5.69 Å². The summed E-state index contributed by atoms with van der Waals surface area (Å²) in [7, 11) is -4.18. The molecule has 0 amide bonds. The second-order valence-electron chi connectivity index (χ2n) is 7.91. The maximum Gasteiger partial charge on any atom is 0.293 e. The van der Waals surface area contributed by atoms with Gasteiger partial charge in [0.25, 0.3) is 5.69 Å². The Morgan fingerprint density at radius 1 is 1.22 bits per heavy atom. The van der Waals surface area contributed by atoms with Crippen LogP contribution < -0.4 is 9.47 Å². The van der Waals surface area contributed by atoms with Gasteiger partial charge in [-0.15, -0.1) is 0 Å². The van der Waals surface area contributed by atoms with Crippen LogP contribution in [-0.2, 0) is 10.0 Å². The summed E-state index contributed by atoms with van der Waals surface area (Å²) in [6.07, 6.45) is -0.368. The SMILES string of the molecule is CC(C)(C)[C@@H]1CCN(S(=O)(=O)c2cc3c(cc2[N+](=O)[O-])OCCO3)C[C@@H]1O. The first-order valence-corrected chi connectivity index (χ1v) is 10.2. The van der Waals surface area contributed by atoms with Crippen molar-refractivity contribution in [1.82, 2.24) is 4.31 Å². The normalized spacial score (nSPS) is 23.9. The van der Waals surface area contributed by atoms with Crippen LogP contribution in [0.2, 0.25) is 0 Å². The molecule has 1 saturated heterocycles. The summed E-state index contributed by atoms with van der Waals surface area (Å²) in [6, 6.07) is 2.23. The zero-order valence-corrected chi connectivity index (χ0v) is 16.4. The van der Waals surface area contributed by atoms with E-state index in [4.69, 9.17) is 9.47 Å². The van der Waals surface area contributed by atoms with E-state index in [0.29, 0.717) is 6.42 Å². The van der Waals surface area contributed by atoms with E-state index in [1.165, 1.54) is 0 Å². The second kappa shape index (κ2) is 6.92. The van der Waals surface area contributed by atoms with Crippen molar-refractivity contribution in [3.63, 3.8) is 0 Å². The number of aliphatic hydroxyl groups is 1. The quantitative estimate of drug-likeness (QED) is 0.607. The molecule has 2 heterocycles. The second-order valence-corrected chi connectivity index (χ2v) is 9.82. The van der Waals surface area contributed by atoms with Crippen LogP contribution in [0.25, 0.3) is 0 Å². The molecule has 1 fully saturated rings. The Bertz CT molecular complexity index is 848. The zero-order valence-electron chi connectivity index (χ0n) is 15.5. The van der Waals surface area contributed by atoms with Crippen LogP contribution in [-0.4, -0.2) is 55.2 Å². The molecule has 0 radical (unpaired) electrons. The van der Waals surface area contributed by atoms with Gasteiger partial charge in [-0.3, -0.25) is 10.1 Å². The van der Waals surface area contributed by atoms with Crippen LogP contribution in [0.15, 0.2) is 17.0 Å². The molecule has 1 aromatic carbocycles. The van der Waals surface area contributed by atoms with Gasteiger partial charge in [0.1, 0.15) is 13.2 Å². The van der Waals surface area contributed by atoms with Gasteiger partial charge in [0.05, 0.1) is 17.1 Å². The van der Waals surface area contributed by atoms with E-state index in [2.05, 4.69) is 0 Å². The lowest BCUT2D eigenvalue weighted by molar-refractivity contribution is -0.388. The summed E-state index contributed by atoms with van der Waals surface area (Å²) in [4.78, 5) is 10.3. The first-order chi connectivity index (χ1) is 12.5. The number of hydrogen-bond acceptors (Lipinski definition) is 7. The monoisotopic (exact) mass is 400 g/mol. The van der Waals surface area contributed by atoms with E-state index in [1.807, 2.05) is 20.8 Å². The molecule has 0 spiro atoms. The Morgan fingerprint density at radius 3 is 2.33 bits per heavy atom. The lowest BCUT2D eigenvalue weighted by atomic mass is 9.74. The van der Waals surface area contributed by atoms with E-state index in [9.17, 15) is 23.6 Å². The third-order valence-electron chi connectivity index (χ3n) is 5.10. The fourth-order valence-corrected chi connectivity index (χ4v) is 5.31. The van der Waals surface area contributed by atoms with Gasteiger partial charge in [-0.25, -0.2) is 8.42 Å². The van der Waals surface area contributed by atoms with Gasteiger partial charge in [0.15, 0.2) is 16.4 Å². The van der Waals surface area contributed by atoms with Gasteiger partial charge >= 0.3 is 0 Å². The predicted octanol–water partition coefficient (Wildman–Crippen LogP) is 1.78. The average Bonchev–Trinajstić information content (AvgIpc) is 2.59. The number of nitrogens with zero attached hydrogens (tertiary/aromatic N) is 2. The maximum atomic E-state index is 13.1. The summed E-state index contributed by atoms with van der Waals surface area (Å²) in [5, 5.41) is 21.9. The Hall–Kier alpha value is -1.91. The van der Waals surface area contributed by atoms with Gasteiger partial charge in [-0.2, -0.15) is 4.31 Å². The molecule has 0 bridgehead atoms. The van der Waals surface area contributed by atoms with Crippen molar-refractivity contribution in [2.24, 2.45) is 11.3 Å². The first-order valence-electron chi connectivity index (χ1n) is 8.78. The fourth-order valence-electron chi connectivity index (χ4n) is 3.68. The third kappa shape index (κ3) is 3.74. The lowest BCUT2D eigenvalue weighted by Gasteiger charge is -2.41. The molecular formula is C17H24N2O7S. The molecule has 150 valence electrons. The van der Waals surface area contributed by atoms with Crippen molar-refractivity contribution >= 4 is 15.7 Å². The highest BCUT2D eigenvalue weighted by molar-refractivity contribution is 7.89. The summed E-state index contributed by atoms with van der Waals surface area (Å²) in [5.74, 6) is 0.258. The van der Waals surface area contributed by atoms with Gasteiger partial charge < -0.3 is 14.6 Å². The molecule has 3 rings (SSSR count). The molecule has 0 saturated carbocycles. The van der Waals surface area contributed by atoms with Crippen LogP contribution in [0, 0.1) is 21.4 Å². The summed E-state index contributed by atoms with van der Waals surface area (Å²) in [5.41, 5.74) is -0.732. The summed E-state index contributed by atoms with van der Waals surface area (Å²) >= 11 is 0. The standard InChI is InChI=1S/C17H24N2O7S/c1-17(2,3)11-4-5-18(10-13(11)20)27(23,24)16-9-15-14(25-6-7-26-15)8-12(16)19(21)22/h8-9,11,13,20H,4-7,10H2,1-3H3/t11-,13+/m1/s1. The van der Waals surface area contributed by atoms with Crippen LogP contribution >= 0.6 is 0 Å².